The van der Waals surface area contributed by atoms with Crippen molar-refractivity contribution in [2.75, 3.05) is 95.3 Å². The van der Waals surface area contributed by atoms with Crippen LogP contribution in [0.4, 0.5) is 9.59 Å². The highest BCUT2D eigenvalue weighted by Crippen LogP contribution is 2.35. The van der Waals surface area contributed by atoms with Gasteiger partial charge in [-0.3, -0.25) is 0 Å². The fraction of sp³-hybridized carbons (Fsp3) is 0.951. The van der Waals surface area contributed by atoms with Gasteiger partial charge in [0.15, 0.2) is 0 Å². The van der Waals surface area contributed by atoms with Crippen molar-refractivity contribution in [2.45, 2.75) is 147 Å². The van der Waals surface area contributed by atoms with Gasteiger partial charge in [-0.05, 0) is 95.3 Å². The molecule has 4 N–H and O–H groups in total. The average Bonchev–Trinajstić information content (AvgIpc) is 3.25. The molecule has 0 saturated heterocycles. The van der Waals surface area contributed by atoms with Gasteiger partial charge >= 0.3 is 29.7 Å². The van der Waals surface area contributed by atoms with Crippen LogP contribution < -0.4 is 10.6 Å². The second-order valence-electron chi connectivity index (χ2n) is 16.4. The molecule has 0 spiro atoms. The van der Waals surface area contributed by atoms with E-state index in [9.17, 15) is 19.8 Å². The van der Waals surface area contributed by atoms with Crippen molar-refractivity contribution in [3.63, 3.8) is 0 Å². The Labute approximate surface area is 358 Å². The predicted molar refractivity (Wildman–Crippen MR) is 232 cm³/mol. The SMILES string of the molecule is CCCCOCC(O)CN(CCC[Si](OC)(OC)OC)C(=O)NC1CCC(CC2CCC(NC(=O)N(CCC[Si](OC)(OC)OC)CC(O)COCCCC)CC2)CC1. The number of carbonyl (C=O) groups is 2. The van der Waals surface area contributed by atoms with Crippen LogP contribution in [0.15, 0.2) is 0 Å². The monoisotopic (exact) mass is 881 g/mol. The van der Waals surface area contributed by atoms with Crippen LogP contribution in [0.2, 0.25) is 12.1 Å². The molecule has 18 heteroatoms. The van der Waals surface area contributed by atoms with Crippen LogP contribution in [0.1, 0.15) is 110 Å². The molecule has 2 aliphatic carbocycles. The van der Waals surface area contributed by atoms with Gasteiger partial charge in [-0.15, -0.1) is 0 Å². The minimum absolute atomic E-state index is 0.0946. The molecule has 0 heterocycles. The van der Waals surface area contributed by atoms with Crippen molar-refractivity contribution in [3.8, 4) is 0 Å². The van der Waals surface area contributed by atoms with Crippen molar-refractivity contribution < 1.29 is 55.8 Å². The summed E-state index contributed by atoms with van der Waals surface area (Å²) in [7, 11) is 3.94. The summed E-state index contributed by atoms with van der Waals surface area (Å²) in [4.78, 5) is 30.6. The van der Waals surface area contributed by atoms with Crippen LogP contribution in [0, 0.1) is 11.8 Å². The summed E-state index contributed by atoms with van der Waals surface area (Å²) < 4.78 is 44.7. The zero-order valence-corrected chi connectivity index (χ0v) is 40.0. The lowest BCUT2D eigenvalue weighted by atomic mass is 9.75. The average molecular weight is 881 g/mol. The molecule has 0 radical (unpaired) electrons. The van der Waals surface area contributed by atoms with Gasteiger partial charge in [-0.2, -0.15) is 0 Å². The summed E-state index contributed by atoms with van der Waals surface area (Å²) in [6, 6.07) is 0.979. The Bertz CT molecular complexity index is 998. The van der Waals surface area contributed by atoms with E-state index in [1.165, 1.54) is 6.42 Å². The molecule has 4 amide bonds. The topological polar surface area (TPSA) is 179 Å². The molecule has 0 aromatic rings. The Morgan fingerprint density at radius 1 is 0.576 bits per heavy atom. The van der Waals surface area contributed by atoms with Crippen LogP contribution in [-0.2, 0) is 36.0 Å². The quantitative estimate of drug-likeness (QED) is 0.0500. The number of nitrogens with zero attached hydrogens (tertiary/aromatic N) is 2. The third-order valence-corrected chi connectivity index (χ3v) is 17.7. The van der Waals surface area contributed by atoms with Gasteiger partial charge in [0.1, 0.15) is 0 Å². The van der Waals surface area contributed by atoms with Gasteiger partial charge in [-0.25, -0.2) is 9.59 Å². The van der Waals surface area contributed by atoms with Crippen molar-refractivity contribution in [2.24, 2.45) is 11.8 Å². The van der Waals surface area contributed by atoms with Crippen LogP contribution in [0.5, 0.6) is 0 Å². The maximum atomic E-state index is 13.6. The van der Waals surface area contributed by atoms with Crippen molar-refractivity contribution in [1.82, 2.24) is 20.4 Å². The third-order valence-electron chi connectivity index (χ3n) is 12.0. The van der Waals surface area contributed by atoms with Gasteiger partial charge in [0.25, 0.3) is 0 Å². The number of carbonyl (C=O) groups excluding carboxylic acids is 2. The molecule has 2 fully saturated rings. The summed E-state index contributed by atoms with van der Waals surface area (Å²) in [6.45, 7) is 7.00. The molecule has 2 rings (SSSR count). The maximum absolute atomic E-state index is 13.6. The first-order chi connectivity index (χ1) is 28.4. The summed E-state index contributed by atoms with van der Waals surface area (Å²) >= 11 is 0. The Kier molecular flexibility index (Phi) is 27.8. The van der Waals surface area contributed by atoms with Crippen LogP contribution >= 0.6 is 0 Å². The number of nitrogens with one attached hydrogen (secondary N) is 2. The highest BCUT2D eigenvalue weighted by Gasteiger charge is 2.39. The van der Waals surface area contributed by atoms with E-state index in [-0.39, 0.29) is 50.4 Å². The summed E-state index contributed by atoms with van der Waals surface area (Å²) in [5.41, 5.74) is 0. The summed E-state index contributed by atoms with van der Waals surface area (Å²) in [5, 5.41) is 28.0. The molecule has 2 atom stereocenters. The molecule has 0 aromatic heterocycles. The number of hydrogen-bond acceptors (Lipinski definition) is 12. The van der Waals surface area contributed by atoms with E-state index < -0.39 is 29.8 Å². The van der Waals surface area contributed by atoms with E-state index in [2.05, 4.69) is 24.5 Å². The fourth-order valence-corrected chi connectivity index (χ4v) is 11.7. The molecule has 348 valence electrons. The smallest absolute Gasteiger partial charge is 0.389 e. The molecule has 59 heavy (non-hydrogen) atoms. The number of rotatable bonds is 32. The molecular formula is C41H84N4O12Si2. The molecule has 0 bridgehead atoms. The van der Waals surface area contributed by atoms with E-state index in [0.29, 0.717) is 63.1 Å². The molecule has 0 aliphatic heterocycles. The zero-order chi connectivity index (χ0) is 43.5. The lowest BCUT2D eigenvalue weighted by Gasteiger charge is -2.36. The third kappa shape index (κ3) is 20.5. The Morgan fingerprint density at radius 3 is 1.22 bits per heavy atom. The number of ether oxygens (including phenoxy) is 2. The summed E-state index contributed by atoms with van der Waals surface area (Å²) in [5.74, 6) is 1.23. The van der Waals surface area contributed by atoms with Crippen LogP contribution in [-0.4, -0.2) is 169 Å². The van der Waals surface area contributed by atoms with Crippen molar-refractivity contribution >= 4 is 29.7 Å². The molecule has 0 aromatic carbocycles. The largest absolute Gasteiger partial charge is 0.500 e. The van der Waals surface area contributed by atoms with Gasteiger partial charge in [0, 0.05) is 93.1 Å². The lowest BCUT2D eigenvalue weighted by molar-refractivity contribution is 0.0210. The number of aliphatic hydroxyl groups excluding tert-OH is 2. The number of urea groups is 2. The summed E-state index contributed by atoms with van der Waals surface area (Å²) in [6.07, 6.45) is 12.7. The van der Waals surface area contributed by atoms with E-state index in [1.54, 1.807) is 52.5 Å². The predicted octanol–water partition coefficient (Wildman–Crippen LogP) is 5.41. The van der Waals surface area contributed by atoms with Gasteiger partial charge in [-0.1, -0.05) is 26.7 Å². The van der Waals surface area contributed by atoms with E-state index in [4.69, 9.17) is 36.0 Å². The normalized spacial score (nSPS) is 21.2. The number of aliphatic hydroxyl groups is 2. The fourth-order valence-electron chi connectivity index (χ4n) is 8.27. The number of hydrogen-bond donors (Lipinski definition) is 4. The Morgan fingerprint density at radius 2 is 0.915 bits per heavy atom. The first-order valence-electron chi connectivity index (χ1n) is 22.4. The number of amides is 4. The molecule has 16 nitrogen and oxygen atoms in total. The first kappa shape index (κ1) is 53.7. The Balaban J connectivity index is 1.86. The minimum atomic E-state index is -2.79. The first-order valence-corrected chi connectivity index (χ1v) is 26.2. The molecule has 2 unspecified atom stereocenters. The lowest BCUT2D eigenvalue weighted by Crippen LogP contribution is -2.50. The van der Waals surface area contributed by atoms with E-state index in [1.807, 2.05) is 0 Å². The van der Waals surface area contributed by atoms with Gasteiger partial charge in [0.05, 0.1) is 38.5 Å². The van der Waals surface area contributed by atoms with Gasteiger partial charge < -0.3 is 66.7 Å². The molecule has 2 saturated carbocycles. The number of unbranched alkanes of at least 4 members (excludes halogenated alkanes) is 2. The highest BCUT2D eigenvalue weighted by molar-refractivity contribution is 6.60. The molecule has 2 aliphatic rings. The van der Waals surface area contributed by atoms with Crippen LogP contribution in [0.3, 0.4) is 0 Å². The maximum Gasteiger partial charge on any atom is 0.500 e. The van der Waals surface area contributed by atoms with Crippen molar-refractivity contribution in [3.05, 3.63) is 0 Å². The zero-order valence-electron chi connectivity index (χ0n) is 38.0. The minimum Gasteiger partial charge on any atom is -0.389 e. The van der Waals surface area contributed by atoms with Crippen molar-refractivity contribution in [1.29, 1.82) is 0 Å². The standard InChI is InChI=1S/C41H84N4O12Si2/c1-9-11-25-56-32-38(46)30-44(23-13-27-58(50-3,51-4)52-5)40(48)42-36-19-15-34(16-20-36)29-35-17-21-37(22-18-35)43-41(49)45(31-39(47)33-57-26-12-10-2)24-14-28-59(53-6,54-7)55-8/h34-39,46-47H,9-33H2,1-8H3,(H,42,48)(H,43,49). The van der Waals surface area contributed by atoms with Crippen LogP contribution in [0.25, 0.3) is 0 Å². The second-order valence-corrected chi connectivity index (χ2v) is 22.6. The van der Waals surface area contributed by atoms with E-state index >= 15 is 0 Å². The van der Waals surface area contributed by atoms with Gasteiger partial charge in [0.2, 0.25) is 0 Å². The second kappa shape index (κ2) is 30.6. The van der Waals surface area contributed by atoms with E-state index in [0.717, 1.165) is 77.0 Å². The highest BCUT2D eigenvalue weighted by atomic mass is 28.4. The Hall–Kier alpha value is -1.43. The molecular weight excluding hydrogens is 797 g/mol.